The van der Waals surface area contributed by atoms with Gasteiger partial charge in [0.05, 0.1) is 23.8 Å². The van der Waals surface area contributed by atoms with Gasteiger partial charge < -0.3 is 15.6 Å². The monoisotopic (exact) mass is 425 g/mol. The number of aliphatic hydroxyl groups is 1. The molecule has 0 aliphatic carbocycles. The molecule has 1 aliphatic heterocycles. The normalized spacial score (nSPS) is 15.5. The van der Waals surface area contributed by atoms with E-state index in [2.05, 4.69) is 44.0 Å². The highest BCUT2D eigenvalue weighted by Gasteiger charge is 2.17. The molecule has 9 heteroatoms. The summed E-state index contributed by atoms with van der Waals surface area (Å²) in [5, 5.41) is 14.4. The van der Waals surface area contributed by atoms with Crippen molar-refractivity contribution < 1.29 is 9.84 Å². The fourth-order valence-corrected chi connectivity index (χ4v) is 4.07. The number of aliphatic hydroxyl groups excluding tert-OH is 1. The number of rotatable bonds is 10. The fraction of sp³-hybridized carbons (Fsp3) is 0.545. The zero-order valence-corrected chi connectivity index (χ0v) is 18.1. The van der Waals surface area contributed by atoms with Crippen LogP contribution in [-0.2, 0) is 13.1 Å². The van der Waals surface area contributed by atoms with Crippen molar-refractivity contribution in [1.82, 2.24) is 29.6 Å². The van der Waals surface area contributed by atoms with Crippen LogP contribution in [0.25, 0.3) is 11.0 Å². The molecule has 0 bridgehead atoms. The molecule has 0 spiro atoms. The molecular weight excluding hydrogens is 394 g/mol. The maximum absolute atomic E-state index is 9.29. The minimum absolute atomic E-state index is 0.0553. The van der Waals surface area contributed by atoms with E-state index >= 15 is 0 Å². The number of hydrogen-bond acceptors (Lipinski definition) is 8. The summed E-state index contributed by atoms with van der Waals surface area (Å²) in [5.74, 6) is 0.334. The van der Waals surface area contributed by atoms with E-state index in [1.54, 1.807) is 10.9 Å². The lowest BCUT2D eigenvalue weighted by atomic mass is 10.1. The Morgan fingerprint density at radius 3 is 2.81 bits per heavy atom. The summed E-state index contributed by atoms with van der Waals surface area (Å²) < 4.78 is 7.71. The maximum atomic E-state index is 9.29. The van der Waals surface area contributed by atoms with E-state index in [1.165, 1.54) is 18.4 Å². The summed E-state index contributed by atoms with van der Waals surface area (Å²) in [6.07, 6.45) is 8.23. The van der Waals surface area contributed by atoms with Crippen LogP contribution in [0.5, 0.6) is 6.01 Å². The predicted octanol–water partition coefficient (Wildman–Crippen LogP) is 2.38. The van der Waals surface area contributed by atoms with Crippen LogP contribution in [-0.4, -0.2) is 60.5 Å². The molecule has 1 saturated heterocycles. The van der Waals surface area contributed by atoms with Gasteiger partial charge in [0.15, 0.2) is 5.65 Å². The van der Waals surface area contributed by atoms with Gasteiger partial charge in [-0.25, -0.2) is 4.68 Å². The highest BCUT2D eigenvalue weighted by atomic mass is 16.5. The van der Waals surface area contributed by atoms with E-state index in [-0.39, 0.29) is 18.7 Å². The van der Waals surface area contributed by atoms with Gasteiger partial charge in [-0.3, -0.25) is 9.88 Å². The second-order valence-corrected chi connectivity index (χ2v) is 8.11. The number of ether oxygens (including phenoxy) is 1. The molecule has 4 rings (SSSR count). The molecule has 1 atom stereocenters. The molecule has 1 fully saturated rings. The van der Waals surface area contributed by atoms with Gasteiger partial charge in [-0.2, -0.15) is 15.1 Å². The van der Waals surface area contributed by atoms with E-state index in [1.807, 2.05) is 6.20 Å². The largest absolute Gasteiger partial charge is 0.460 e. The van der Waals surface area contributed by atoms with Crippen LogP contribution in [0.4, 0.5) is 5.82 Å². The number of likely N-dealkylation sites (tertiary alicyclic amines) is 1. The number of fused-ring (bicyclic) bond motifs is 1. The second kappa shape index (κ2) is 10.0. The summed E-state index contributed by atoms with van der Waals surface area (Å²) >= 11 is 0. The molecule has 4 heterocycles. The van der Waals surface area contributed by atoms with Gasteiger partial charge in [0.2, 0.25) is 0 Å². The Hall–Kier alpha value is -2.78. The average Bonchev–Trinajstić information content (AvgIpc) is 3.39. The van der Waals surface area contributed by atoms with Crippen molar-refractivity contribution in [2.75, 3.05) is 25.4 Å². The number of nitrogens with zero attached hydrogens (tertiary/aromatic N) is 6. The number of hydrogen-bond donors (Lipinski definition) is 2. The number of nitrogen functional groups attached to an aromatic ring is 1. The Bertz CT molecular complexity index is 995. The van der Waals surface area contributed by atoms with E-state index in [4.69, 9.17) is 10.5 Å². The average molecular weight is 426 g/mol. The van der Waals surface area contributed by atoms with Crippen LogP contribution >= 0.6 is 0 Å². The number of pyridine rings is 1. The lowest BCUT2D eigenvalue weighted by Gasteiger charge is -2.16. The van der Waals surface area contributed by atoms with Crippen LogP contribution in [0.2, 0.25) is 0 Å². The first-order chi connectivity index (χ1) is 15.2. The van der Waals surface area contributed by atoms with Crippen LogP contribution in [0.1, 0.15) is 50.3 Å². The van der Waals surface area contributed by atoms with E-state index in [0.717, 1.165) is 38.2 Å². The first-order valence-electron chi connectivity index (χ1n) is 11.1. The van der Waals surface area contributed by atoms with Crippen molar-refractivity contribution in [3.63, 3.8) is 0 Å². The molecule has 3 aromatic rings. The van der Waals surface area contributed by atoms with Gasteiger partial charge in [0, 0.05) is 25.8 Å². The first kappa shape index (κ1) is 21.5. The third-order valence-corrected chi connectivity index (χ3v) is 5.64. The van der Waals surface area contributed by atoms with Crippen molar-refractivity contribution in [1.29, 1.82) is 0 Å². The van der Waals surface area contributed by atoms with Gasteiger partial charge in [-0.1, -0.05) is 13.3 Å². The Morgan fingerprint density at radius 2 is 2.03 bits per heavy atom. The number of anilines is 1. The first-order valence-corrected chi connectivity index (χ1v) is 11.1. The molecule has 0 amide bonds. The Balaban J connectivity index is 1.54. The van der Waals surface area contributed by atoms with Crippen LogP contribution < -0.4 is 10.5 Å². The van der Waals surface area contributed by atoms with Crippen molar-refractivity contribution >= 4 is 16.9 Å². The zero-order chi connectivity index (χ0) is 21.6. The van der Waals surface area contributed by atoms with Crippen molar-refractivity contribution in [3.05, 3.63) is 35.8 Å². The highest BCUT2D eigenvalue weighted by molar-refractivity contribution is 5.85. The topological polar surface area (TPSA) is 115 Å². The molecule has 9 nitrogen and oxygen atoms in total. The molecule has 31 heavy (non-hydrogen) atoms. The van der Waals surface area contributed by atoms with E-state index < -0.39 is 0 Å². The van der Waals surface area contributed by atoms with Gasteiger partial charge in [0.25, 0.3) is 0 Å². The third-order valence-electron chi connectivity index (χ3n) is 5.64. The molecule has 3 N–H and O–H groups in total. The fourth-order valence-electron chi connectivity index (χ4n) is 4.07. The predicted molar refractivity (Wildman–Crippen MR) is 119 cm³/mol. The van der Waals surface area contributed by atoms with Crippen molar-refractivity contribution in [2.24, 2.45) is 0 Å². The summed E-state index contributed by atoms with van der Waals surface area (Å²) in [6.45, 7) is 5.89. The molecule has 166 valence electrons. The molecule has 0 saturated carbocycles. The highest BCUT2D eigenvalue weighted by Crippen LogP contribution is 2.23. The molecule has 0 radical (unpaired) electrons. The lowest BCUT2D eigenvalue weighted by Crippen LogP contribution is -2.19. The minimum Gasteiger partial charge on any atom is -0.460 e. The lowest BCUT2D eigenvalue weighted by molar-refractivity contribution is 0.135. The summed E-state index contributed by atoms with van der Waals surface area (Å²) in [5.41, 5.74) is 8.95. The second-order valence-electron chi connectivity index (χ2n) is 8.11. The number of nitrogens with two attached hydrogens (primary N) is 1. The van der Waals surface area contributed by atoms with Gasteiger partial charge in [-0.15, -0.1) is 0 Å². The summed E-state index contributed by atoms with van der Waals surface area (Å²) in [6, 6.07) is 4.42. The zero-order valence-electron chi connectivity index (χ0n) is 18.1. The minimum atomic E-state index is -0.146. The summed E-state index contributed by atoms with van der Waals surface area (Å²) in [4.78, 5) is 15.9. The molecule has 0 unspecified atom stereocenters. The van der Waals surface area contributed by atoms with Crippen LogP contribution in [0, 0.1) is 0 Å². The van der Waals surface area contributed by atoms with Crippen molar-refractivity contribution in [3.8, 4) is 6.01 Å². The van der Waals surface area contributed by atoms with Crippen LogP contribution in [0.3, 0.4) is 0 Å². The van der Waals surface area contributed by atoms with Crippen molar-refractivity contribution in [2.45, 2.75) is 58.2 Å². The standard InChI is InChI=1S/C22H31N7O2/c1-2-5-18(7-11-30)31-22-26-20(23)19-13-25-29(21(19)27-22)15-17-12-16(6-8-24-17)14-28-9-3-4-10-28/h6,8,12-13,18,30H,2-5,7,9-11,14-15H2,1H3,(H2,23,26,27)/t18-/m1/s1. The smallest absolute Gasteiger partial charge is 0.320 e. The third kappa shape index (κ3) is 5.29. The van der Waals surface area contributed by atoms with E-state index in [0.29, 0.717) is 29.8 Å². The molecular formula is C22H31N7O2. The van der Waals surface area contributed by atoms with E-state index in [9.17, 15) is 5.11 Å². The Morgan fingerprint density at radius 1 is 1.19 bits per heavy atom. The molecule has 1 aliphatic rings. The van der Waals surface area contributed by atoms with Crippen LogP contribution in [0.15, 0.2) is 24.5 Å². The Labute approximate surface area is 182 Å². The maximum Gasteiger partial charge on any atom is 0.320 e. The summed E-state index contributed by atoms with van der Waals surface area (Å²) in [7, 11) is 0. The SMILES string of the molecule is CCC[C@H](CCO)Oc1nc(N)c2cnn(Cc3cc(CN4CCCC4)ccn3)c2n1. The quantitative estimate of drug-likeness (QED) is 0.509. The molecule has 3 aromatic heterocycles. The van der Waals surface area contributed by atoms with Gasteiger partial charge in [0.1, 0.15) is 11.9 Å². The van der Waals surface area contributed by atoms with Gasteiger partial charge in [-0.05, 0) is 50.0 Å². The Kier molecular flexibility index (Phi) is 6.93. The number of aromatic nitrogens is 5. The molecule has 0 aromatic carbocycles. The van der Waals surface area contributed by atoms with Gasteiger partial charge >= 0.3 is 6.01 Å².